The molecule has 1 N–H and O–H groups in total. The maximum atomic E-state index is 13.3. The Morgan fingerprint density at radius 3 is 2.60 bits per heavy atom. The average Bonchev–Trinajstić information content (AvgIpc) is 2.87. The Labute approximate surface area is 142 Å². The molecule has 3 aromatic rings. The fourth-order valence-corrected chi connectivity index (χ4v) is 2.61. The van der Waals surface area contributed by atoms with Crippen molar-refractivity contribution in [1.82, 2.24) is 9.78 Å². The Hall–Kier alpha value is -2.81. The number of hydrogen-bond acceptors (Lipinski definition) is 4. The van der Waals surface area contributed by atoms with E-state index in [1.54, 1.807) is 0 Å². The normalized spacial score (nSPS) is 11.9. The third-order valence-corrected chi connectivity index (χ3v) is 3.79. The summed E-state index contributed by atoms with van der Waals surface area (Å²) in [5.41, 5.74) is -2.86. The number of fused-ring (bicyclic) bond motifs is 1. The molecule has 1 aromatic carbocycles. The van der Waals surface area contributed by atoms with Crippen molar-refractivity contribution in [2.75, 3.05) is 0 Å². The maximum absolute atomic E-state index is 13.3. The summed E-state index contributed by atoms with van der Waals surface area (Å²) >= 11 is 5.76. The van der Waals surface area contributed by atoms with Crippen LogP contribution in [0.1, 0.15) is 21.6 Å². The molecule has 10 heteroatoms. The van der Waals surface area contributed by atoms with Crippen molar-refractivity contribution in [2.45, 2.75) is 13.1 Å². The standard InChI is InChI=1S/C15H8ClF3N2O4/c1-6-4-10(22)25-13-11(6)12(15(17,18)19)20-21(13)7-2-3-9(16)8(5-7)14(23)24/h2-5H,1H3,(H,23,24). The van der Waals surface area contributed by atoms with Crippen LogP contribution in [0, 0.1) is 6.92 Å². The van der Waals surface area contributed by atoms with Crippen molar-refractivity contribution in [2.24, 2.45) is 0 Å². The minimum absolute atomic E-state index is 0.0391. The molecule has 0 aliphatic carbocycles. The van der Waals surface area contributed by atoms with Crippen LogP contribution in [0.4, 0.5) is 13.2 Å². The number of aryl methyl sites for hydroxylation is 1. The smallest absolute Gasteiger partial charge is 0.435 e. The molecule has 25 heavy (non-hydrogen) atoms. The van der Waals surface area contributed by atoms with E-state index in [2.05, 4.69) is 5.10 Å². The van der Waals surface area contributed by atoms with Crippen LogP contribution >= 0.6 is 11.6 Å². The Bertz CT molecular complexity index is 1070. The van der Waals surface area contributed by atoms with Gasteiger partial charge in [-0.3, -0.25) is 0 Å². The lowest BCUT2D eigenvalue weighted by Gasteiger charge is -2.05. The third kappa shape index (κ3) is 2.86. The second-order valence-electron chi connectivity index (χ2n) is 5.16. The Morgan fingerprint density at radius 2 is 2.00 bits per heavy atom. The van der Waals surface area contributed by atoms with E-state index in [0.717, 1.165) is 16.8 Å². The molecule has 0 unspecified atom stereocenters. The molecule has 0 radical (unpaired) electrons. The molecule has 0 spiro atoms. The Morgan fingerprint density at radius 1 is 1.32 bits per heavy atom. The van der Waals surface area contributed by atoms with Gasteiger partial charge in [0.25, 0.3) is 0 Å². The number of aromatic carboxylic acids is 1. The SMILES string of the molecule is Cc1cc(=O)oc2c1c(C(F)(F)F)nn2-c1ccc(Cl)c(C(=O)O)c1. The fourth-order valence-electron chi connectivity index (χ4n) is 2.41. The summed E-state index contributed by atoms with van der Waals surface area (Å²) in [5.74, 6) is -1.36. The van der Waals surface area contributed by atoms with E-state index in [1.807, 2.05) is 0 Å². The van der Waals surface area contributed by atoms with E-state index < -0.39 is 29.2 Å². The molecule has 2 aromatic heterocycles. The number of benzene rings is 1. The number of aromatic nitrogens is 2. The second-order valence-corrected chi connectivity index (χ2v) is 5.56. The van der Waals surface area contributed by atoms with Gasteiger partial charge in [0.15, 0.2) is 5.69 Å². The first-order valence-electron chi connectivity index (χ1n) is 6.73. The minimum atomic E-state index is -4.80. The predicted octanol–water partition coefficient (Wildman–Crippen LogP) is 3.66. The zero-order chi connectivity index (χ0) is 18.5. The molecular formula is C15H8ClF3N2O4. The molecule has 0 aliphatic heterocycles. The second kappa shape index (κ2) is 5.62. The molecule has 0 fully saturated rings. The monoisotopic (exact) mass is 372 g/mol. The summed E-state index contributed by atoms with van der Waals surface area (Å²) in [6, 6.07) is 4.44. The van der Waals surface area contributed by atoms with Crippen LogP contribution in [0.15, 0.2) is 33.5 Å². The molecule has 0 saturated carbocycles. The van der Waals surface area contributed by atoms with Crippen LogP contribution in [0.25, 0.3) is 16.8 Å². The van der Waals surface area contributed by atoms with Gasteiger partial charge in [0.2, 0.25) is 5.71 Å². The number of rotatable bonds is 2. The summed E-state index contributed by atoms with van der Waals surface area (Å²) < 4.78 is 45.5. The number of carboxylic acids is 1. The van der Waals surface area contributed by atoms with E-state index in [0.29, 0.717) is 0 Å². The highest BCUT2D eigenvalue weighted by Gasteiger charge is 2.38. The average molecular weight is 373 g/mol. The molecule has 6 nitrogen and oxygen atoms in total. The van der Waals surface area contributed by atoms with Gasteiger partial charge in [-0.25, -0.2) is 9.59 Å². The predicted molar refractivity (Wildman–Crippen MR) is 81.3 cm³/mol. The van der Waals surface area contributed by atoms with Crippen molar-refractivity contribution in [1.29, 1.82) is 0 Å². The van der Waals surface area contributed by atoms with Gasteiger partial charge in [-0.05, 0) is 30.7 Å². The summed E-state index contributed by atoms with van der Waals surface area (Å²) in [6.07, 6.45) is -4.80. The van der Waals surface area contributed by atoms with Crippen LogP contribution in [0.3, 0.4) is 0 Å². The highest BCUT2D eigenvalue weighted by molar-refractivity contribution is 6.33. The molecule has 0 atom stereocenters. The van der Waals surface area contributed by atoms with Gasteiger partial charge < -0.3 is 9.52 Å². The van der Waals surface area contributed by atoms with Gasteiger partial charge in [-0.1, -0.05) is 11.6 Å². The van der Waals surface area contributed by atoms with E-state index in [4.69, 9.17) is 21.1 Å². The zero-order valence-corrected chi connectivity index (χ0v) is 13.1. The molecular weight excluding hydrogens is 365 g/mol. The van der Waals surface area contributed by atoms with Gasteiger partial charge >= 0.3 is 17.8 Å². The topological polar surface area (TPSA) is 85.3 Å². The lowest BCUT2D eigenvalue weighted by molar-refractivity contribution is -0.140. The first-order valence-corrected chi connectivity index (χ1v) is 7.11. The molecule has 3 rings (SSSR count). The number of alkyl halides is 3. The van der Waals surface area contributed by atoms with Crippen LogP contribution in [0.2, 0.25) is 5.02 Å². The number of halogens is 4. The summed E-state index contributed by atoms with van der Waals surface area (Å²) in [7, 11) is 0. The number of hydrogen-bond donors (Lipinski definition) is 1. The largest absolute Gasteiger partial charge is 0.478 e. The van der Waals surface area contributed by atoms with Gasteiger partial charge in [0.05, 0.1) is 21.7 Å². The maximum Gasteiger partial charge on any atom is 0.435 e. The number of carbonyl (C=O) groups is 1. The van der Waals surface area contributed by atoms with Gasteiger partial charge in [0.1, 0.15) is 0 Å². The van der Waals surface area contributed by atoms with Crippen LogP contribution < -0.4 is 5.63 Å². The van der Waals surface area contributed by atoms with Crippen LogP contribution in [-0.4, -0.2) is 20.9 Å². The number of nitrogens with zero attached hydrogens (tertiary/aromatic N) is 2. The quantitative estimate of drug-likeness (QED) is 0.742. The fraction of sp³-hybridized carbons (Fsp3) is 0.133. The minimum Gasteiger partial charge on any atom is -0.478 e. The van der Waals surface area contributed by atoms with Gasteiger partial charge in [0, 0.05) is 6.07 Å². The molecule has 0 aliphatic rings. The lowest BCUT2D eigenvalue weighted by Crippen LogP contribution is -2.08. The van der Waals surface area contributed by atoms with Crippen molar-refractivity contribution in [3.8, 4) is 5.69 Å². The molecule has 0 saturated heterocycles. The van der Waals surface area contributed by atoms with Crippen molar-refractivity contribution < 1.29 is 27.5 Å². The van der Waals surface area contributed by atoms with E-state index in [9.17, 15) is 22.8 Å². The molecule has 0 amide bonds. The summed E-state index contributed by atoms with van der Waals surface area (Å²) in [4.78, 5) is 22.7. The highest BCUT2D eigenvalue weighted by Crippen LogP contribution is 2.36. The number of carboxylic acid groups (broad SMARTS) is 1. The van der Waals surface area contributed by atoms with Gasteiger partial charge in [-0.15, -0.1) is 0 Å². The Balaban J connectivity index is 2.40. The van der Waals surface area contributed by atoms with Crippen molar-refractivity contribution in [3.05, 3.63) is 56.5 Å². The van der Waals surface area contributed by atoms with E-state index >= 15 is 0 Å². The molecule has 0 bridgehead atoms. The zero-order valence-electron chi connectivity index (χ0n) is 12.4. The van der Waals surface area contributed by atoms with Crippen LogP contribution in [-0.2, 0) is 6.18 Å². The highest BCUT2D eigenvalue weighted by atomic mass is 35.5. The molecule has 130 valence electrons. The van der Waals surface area contributed by atoms with E-state index in [1.165, 1.54) is 19.1 Å². The third-order valence-electron chi connectivity index (χ3n) is 3.46. The van der Waals surface area contributed by atoms with Crippen molar-refractivity contribution in [3.63, 3.8) is 0 Å². The first kappa shape index (κ1) is 17.0. The van der Waals surface area contributed by atoms with Crippen molar-refractivity contribution >= 4 is 28.7 Å². The molecule has 2 heterocycles. The summed E-state index contributed by atoms with van der Waals surface area (Å²) in [5, 5.41) is 12.1. The van der Waals surface area contributed by atoms with Gasteiger partial charge in [-0.2, -0.15) is 23.0 Å². The summed E-state index contributed by atoms with van der Waals surface area (Å²) in [6.45, 7) is 1.32. The lowest BCUT2D eigenvalue weighted by atomic mass is 10.1. The van der Waals surface area contributed by atoms with E-state index in [-0.39, 0.29) is 27.2 Å². The first-order chi connectivity index (χ1) is 11.6. The Kier molecular flexibility index (Phi) is 3.83. The van der Waals surface area contributed by atoms with Crippen LogP contribution in [0.5, 0.6) is 0 Å².